The number of hydrogen-bond acceptors (Lipinski definition) is 8. The minimum atomic E-state index is -1.44. The summed E-state index contributed by atoms with van der Waals surface area (Å²) in [5.41, 5.74) is 1.64. The van der Waals surface area contributed by atoms with Crippen molar-refractivity contribution in [2.24, 2.45) is 0 Å². The van der Waals surface area contributed by atoms with Gasteiger partial charge < -0.3 is 14.5 Å². The zero-order chi connectivity index (χ0) is 24.7. The number of nitrogens with one attached hydrogen (secondary N) is 2. The first kappa shape index (κ1) is 22.0. The average Bonchev–Trinajstić information content (AvgIpc) is 3.34. The maximum absolute atomic E-state index is 12.7. The molecule has 36 heavy (non-hydrogen) atoms. The number of imide groups is 2. The molecule has 3 aliphatic rings. The topological polar surface area (TPSA) is 117 Å². The number of pyridine rings is 2. The summed E-state index contributed by atoms with van der Waals surface area (Å²) in [5, 5.41) is 4.44. The quantitative estimate of drug-likeness (QED) is 0.543. The van der Waals surface area contributed by atoms with Crippen LogP contribution in [0.4, 0.5) is 16.3 Å². The van der Waals surface area contributed by atoms with Gasteiger partial charge in [-0.15, -0.1) is 0 Å². The van der Waals surface area contributed by atoms with Crippen LogP contribution in [0.25, 0.3) is 0 Å². The van der Waals surface area contributed by atoms with Crippen molar-refractivity contribution in [2.45, 2.75) is 31.3 Å². The fraction of sp³-hybridized carbons (Fsp3) is 0.269. The monoisotopic (exact) mass is 484 g/mol. The zero-order valence-corrected chi connectivity index (χ0v) is 19.4. The first-order chi connectivity index (χ1) is 17.5. The number of aromatic nitrogens is 2. The van der Waals surface area contributed by atoms with Gasteiger partial charge in [-0.3, -0.25) is 20.2 Å². The Morgan fingerprint density at radius 3 is 2.53 bits per heavy atom. The van der Waals surface area contributed by atoms with E-state index < -0.39 is 23.4 Å². The van der Waals surface area contributed by atoms with E-state index in [-0.39, 0.29) is 0 Å². The number of carbonyl (C=O) groups excluding carboxylic acids is 3. The number of rotatable bonds is 4. The van der Waals surface area contributed by atoms with Crippen molar-refractivity contribution in [3.8, 4) is 11.6 Å². The molecular formula is C26H24N6O4. The molecular weight excluding hydrogens is 460 g/mol. The Morgan fingerprint density at radius 1 is 0.917 bits per heavy atom. The summed E-state index contributed by atoms with van der Waals surface area (Å²) in [7, 11) is 0. The fourth-order valence-corrected chi connectivity index (χ4v) is 5.23. The van der Waals surface area contributed by atoms with Gasteiger partial charge in [-0.05, 0) is 60.7 Å². The lowest BCUT2D eigenvalue weighted by Crippen LogP contribution is -2.71. The molecule has 0 radical (unpaired) electrons. The van der Waals surface area contributed by atoms with Gasteiger partial charge in [0.15, 0.2) is 5.54 Å². The Hall–Kier alpha value is -4.47. The van der Waals surface area contributed by atoms with E-state index in [9.17, 15) is 14.4 Å². The van der Waals surface area contributed by atoms with Gasteiger partial charge in [0, 0.05) is 31.9 Å². The van der Waals surface area contributed by atoms with Crippen LogP contribution < -0.4 is 25.2 Å². The Morgan fingerprint density at radius 2 is 1.78 bits per heavy atom. The van der Waals surface area contributed by atoms with Crippen molar-refractivity contribution in [1.82, 2.24) is 20.6 Å². The van der Waals surface area contributed by atoms with Crippen LogP contribution >= 0.6 is 0 Å². The summed E-state index contributed by atoms with van der Waals surface area (Å²) >= 11 is 0. The second kappa shape index (κ2) is 8.63. The highest BCUT2D eigenvalue weighted by Crippen LogP contribution is 2.36. The normalized spacial score (nSPS) is 18.6. The van der Waals surface area contributed by atoms with Gasteiger partial charge in [-0.2, -0.15) is 0 Å². The first-order valence-corrected chi connectivity index (χ1v) is 11.9. The van der Waals surface area contributed by atoms with Crippen LogP contribution in [0.5, 0.6) is 11.6 Å². The van der Waals surface area contributed by atoms with Crippen molar-refractivity contribution in [3.05, 3.63) is 72.1 Å². The van der Waals surface area contributed by atoms with Crippen LogP contribution in [0.2, 0.25) is 0 Å². The smallest absolute Gasteiger partial charge is 0.328 e. The van der Waals surface area contributed by atoms with Crippen LogP contribution in [0.1, 0.15) is 24.0 Å². The van der Waals surface area contributed by atoms with Gasteiger partial charge >= 0.3 is 6.03 Å². The molecule has 0 saturated carbocycles. The Kier molecular flexibility index (Phi) is 5.28. The van der Waals surface area contributed by atoms with E-state index in [2.05, 4.69) is 31.6 Å². The van der Waals surface area contributed by atoms with E-state index in [1.807, 2.05) is 36.5 Å². The van der Waals surface area contributed by atoms with E-state index in [0.717, 1.165) is 25.3 Å². The Bertz CT molecular complexity index is 1320. The number of fused-ring (bicyclic) bond motifs is 1. The van der Waals surface area contributed by atoms with E-state index in [1.54, 1.807) is 23.2 Å². The third-order valence-corrected chi connectivity index (χ3v) is 7.00. The predicted molar refractivity (Wildman–Crippen MR) is 131 cm³/mol. The number of anilines is 2. The molecule has 3 aromatic rings. The molecule has 1 aromatic carbocycles. The van der Waals surface area contributed by atoms with Gasteiger partial charge in [0.2, 0.25) is 5.88 Å². The second-order valence-corrected chi connectivity index (χ2v) is 9.10. The molecule has 0 aliphatic carbocycles. The molecule has 0 unspecified atom stereocenters. The summed E-state index contributed by atoms with van der Waals surface area (Å²) in [4.78, 5) is 49.7. The van der Waals surface area contributed by atoms with Gasteiger partial charge in [-0.25, -0.2) is 14.8 Å². The third kappa shape index (κ3) is 3.71. The standard InChI is InChI=1S/C26H24N6O4/c33-23-26(24(34)30-25(35)29-23)10-3-12-32(26)19-6-8-22(28-15-19)36-20-7-5-18-16-31(13-9-17(18)14-20)21-4-1-2-11-27-21/h1-2,4-8,11,14-15H,3,9-10,12-13,16H2,(H2,29,30,33,34,35). The van der Waals surface area contributed by atoms with Crippen LogP contribution in [-0.2, 0) is 22.6 Å². The molecule has 2 N–H and O–H groups in total. The maximum atomic E-state index is 12.7. The highest BCUT2D eigenvalue weighted by Gasteiger charge is 2.57. The molecule has 4 amide bonds. The Labute approximate surface area is 207 Å². The van der Waals surface area contributed by atoms with Crippen molar-refractivity contribution in [1.29, 1.82) is 0 Å². The SMILES string of the molecule is O=C1NC(=O)C2(CCCN2c2ccc(Oc3ccc4c(c3)CCN(c3ccccn3)C4)nc2)C(=O)N1. The minimum absolute atomic E-state index is 0.323. The molecule has 10 heteroatoms. The highest BCUT2D eigenvalue weighted by atomic mass is 16.5. The largest absolute Gasteiger partial charge is 0.439 e. The Balaban J connectivity index is 1.17. The number of carbonyl (C=O) groups is 3. The van der Waals surface area contributed by atoms with Crippen molar-refractivity contribution >= 4 is 29.4 Å². The van der Waals surface area contributed by atoms with Gasteiger partial charge in [-0.1, -0.05) is 12.1 Å². The minimum Gasteiger partial charge on any atom is -0.439 e. The molecule has 0 atom stereocenters. The van der Waals surface area contributed by atoms with Crippen LogP contribution in [0, 0.1) is 0 Å². The van der Waals surface area contributed by atoms with Crippen molar-refractivity contribution in [2.75, 3.05) is 22.9 Å². The van der Waals surface area contributed by atoms with E-state index in [4.69, 9.17) is 4.74 Å². The van der Waals surface area contributed by atoms with Gasteiger partial charge in [0.05, 0.1) is 11.9 Å². The van der Waals surface area contributed by atoms with Crippen LogP contribution in [0.15, 0.2) is 60.9 Å². The molecule has 0 bridgehead atoms. The molecule has 10 nitrogen and oxygen atoms in total. The summed E-state index contributed by atoms with van der Waals surface area (Å²) in [5.74, 6) is 0.866. The van der Waals surface area contributed by atoms with Gasteiger partial charge in [0.25, 0.3) is 11.8 Å². The van der Waals surface area contributed by atoms with Crippen LogP contribution in [-0.4, -0.2) is 46.4 Å². The summed E-state index contributed by atoms with van der Waals surface area (Å²) in [6, 6.07) is 14.7. The summed E-state index contributed by atoms with van der Waals surface area (Å²) in [6.45, 7) is 2.17. The average molecular weight is 485 g/mol. The lowest BCUT2D eigenvalue weighted by atomic mass is 9.92. The summed E-state index contributed by atoms with van der Waals surface area (Å²) < 4.78 is 6.01. The number of ether oxygens (including phenoxy) is 1. The molecule has 5 heterocycles. The molecule has 3 aliphatic heterocycles. The van der Waals surface area contributed by atoms with E-state index in [1.165, 1.54) is 11.1 Å². The zero-order valence-electron chi connectivity index (χ0n) is 19.4. The first-order valence-electron chi connectivity index (χ1n) is 11.9. The second-order valence-electron chi connectivity index (χ2n) is 9.10. The molecule has 2 aromatic heterocycles. The van der Waals surface area contributed by atoms with Crippen molar-refractivity contribution in [3.63, 3.8) is 0 Å². The van der Waals surface area contributed by atoms with E-state index >= 15 is 0 Å². The molecule has 1 spiro atoms. The number of barbiturate groups is 1. The molecule has 6 rings (SSSR count). The number of benzene rings is 1. The van der Waals surface area contributed by atoms with Crippen LogP contribution in [0.3, 0.4) is 0 Å². The highest BCUT2D eigenvalue weighted by molar-refractivity contribution is 6.24. The lowest BCUT2D eigenvalue weighted by Gasteiger charge is -2.38. The molecule has 2 fully saturated rings. The third-order valence-electron chi connectivity index (χ3n) is 7.00. The fourth-order valence-electron chi connectivity index (χ4n) is 5.23. The summed E-state index contributed by atoms with van der Waals surface area (Å²) in [6.07, 6.45) is 5.24. The number of hydrogen-bond donors (Lipinski definition) is 2. The molecule has 2 saturated heterocycles. The lowest BCUT2D eigenvalue weighted by molar-refractivity contribution is -0.137. The maximum Gasteiger partial charge on any atom is 0.328 e. The van der Waals surface area contributed by atoms with E-state index in [0.29, 0.717) is 36.7 Å². The molecule has 182 valence electrons. The number of amides is 4. The van der Waals surface area contributed by atoms with Gasteiger partial charge in [0.1, 0.15) is 11.6 Å². The van der Waals surface area contributed by atoms with Crippen molar-refractivity contribution < 1.29 is 19.1 Å². The predicted octanol–water partition coefficient (Wildman–Crippen LogP) is 2.54. The number of nitrogens with zero attached hydrogens (tertiary/aromatic N) is 4. The number of urea groups is 1.